The average Bonchev–Trinajstić information content (AvgIpc) is 3.54. The van der Waals surface area contributed by atoms with Crippen molar-refractivity contribution in [2.75, 3.05) is 0 Å². The highest BCUT2D eigenvalue weighted by Crippen LogP contribution is 2.71. The zero-order valence-corrected chi connectivity index (χ0v) is 23.9. The van der Waals surface area contributed by atoms with Crippen LogP contribution in [0.3, 0.4) is 0 Å². The number of hydrogen-bond acceptors (Lipinski definition) is 2. The van der Waals surface area contributed by atoms with Crippen molar-refractivity contribution in [1.82, 2.24) is 0 Å². The van der Waals surface area contributed by atoms with E-state index < -0.39 is 5.41 Å². The highest BCUT2D eigenvalue weighted by atomic mass is 16.1. The number of ketones is 2. The third-order valence-corrected chi connectivity index (χ3v) is 8.12. The van der Waals surface area contributed by atoms with E-state index in [1.165, 1.54) is 0 Å². The molecule has 0 N–H and O–H groups in total. The quantitative estimate of drug-likeness (QED) is 0.251. The van der Waals surface area contributed by atoms with Crippen molar-refractivity contribution in [3.63, 3.8) is 0 Å². The summed E-state index contributed by atoms with van der Waals surface area (Å²) in [7, 11) is 0. The summed E-state index contributed by atoms with van der Waals surface area (Å²) in [6.45, 7) is 12.6. The van der Waals surface area contributed by atoms with E-state index in [9.17, 15) is 9.59 Å². The van der Waals surface area contributed by atoms with Crippen LogP contribution in [0.25, 0.3) is 12.2 Å². The Morgan fingerprint density at radius 1 is 0.692 bits per heavy atom. The van der Waals surface area contributed by atoms with Gasteiger partial charge in [-0.15, -0.1) is 0 Å². The van der Waals surface area contributed by atoms with Crippen LogP contribution >= 0.6 is 0 Å². The molecule has 1 spiro atoms. The fourth-order valence-corrected chi connectivity index (χ4v) is 6.02. The Morgan fingerprint density at radius 3 is 1.77 bits per heavy atom. The minimum atomic E-state index is -0.553. The van der Waals surface area contributed by atoms with Gasteiger partial charge in [0.2, 0.25) is 0 Å². The smallest absolute Gasteiger partial charge is 0.185 e. The summed E-state index contributed by atoms with van der Waals surface area (Å²) in [4.78, 5) is 28.0. The first-order valence-corrected chi connectivity index (χ1v) is 13.9. The van der Waals surface area contributed by atoms with Crippen molar-refractivity contribution in [1.29, 1.82) is 0 Å². The van der Waals surface area contributed by atoms with Gasteiger partial charge in [0.25, 0.3) is 0 Å². The molecule has 0 aliphatic heterocycles. The van der Waals surface area contributed by atoms with E-state index in [2.05, 4.69) is 102 Å². The molecule has 1 saturated carbocycles. The predicted molar refractivity (Wildman–Crippen MR) is 161 cm³/mol. The number of Topliss-reactive ketones (excluding diaryl/α,β-unsaturated/α-hetero) is 2. The number of allylic oxidation sites excluding steroid dienone is 4. The summed E-state index contributed by atoms with van der Waals surface area (Å²) in [6.07, 6.45) is 8.58. The van der Waals surface area contributed by atoms with E-state index in [1.54, 1.807) is 0 Å². The van der Waals surface area contributed by atoms with Crippen LogP contribution in [-0.4, -0.2) is 11.6 Å². The van der Waals surface area contributed by atoms with Gasteiger partial charge in [0.15, 0.2) is 11.6 Å². The van der Waals surface area contributed by atoms with Gasteiger partial charge >= 0.3 is 0 Å². The van der Waals surface area contributed by atoms with E-state index in [1.807, 2.05) is 48.5 Å². The van der Waals surface area contributed by atoms with Gasteiger partial charge in [-0.25, -0.2) is 0 Å². The minimum Gasteiger partial charge on any atom is -0.294 e. The molecule has 0 radical (unpaired) electrons. The van der Waals surface area contributed by atoms with Crippen LogP contribution in [0.5, 0.6) is 0 Å². The third kappa shape index (κ3) is 5.01. The van der Waals surface area contributed by atoms with Crippen LogP contribution in [-0.2, 0) is 4.79 Å². The topological polar surface area (TPSA) is 34.1 Å². The Hall–Kier alpha value is -3.78. The normalized spacial score (nSPS) is 20.6. The van der Waals surface area contributed by atoms with Crippen molar-refractivity contribution in [2.24, 2.45) is 22.2 Å². The Labute approximate surface area is 233 Å². The molecule has 0 unspecified atom stereocenters. The first-order valence-electron chi connectivity index (χ1n) is 13.9. The first-order chi connectivity index (χ1) is 18.4. The Balaban J connectivity index is 1.70. The lowest BCUT2D eigenvalue weighted by molar-refractivity contribution is -0.114. The maximum atomic E-state index is 14.2. The average molecular weight is 515 g/mol. The van der Waals surface area contributed by atoms with Gasteiger partial charge in [-0.1, -0.05) is 151 Å². The summed E-state index contributed by atoms with van der Waals surface area (Å²) < 4.78 is 0. The molecule has 0 bridgehead atoms. The molecule has 2 atom stereocenters. The molecule has 5 rings (SSSR count). The lowest BCUT2D eigenvalue weighted by Crippen LogP contribution is -2.31. The fraction of sp³-hybridized carbons (Fsp3) is 0.297. The van der Waals surface area contributed by atoms with Gasteiger partial charge < -0.3 is 0 Å². The van der Waals surface area contributed by atoms with Crippen molar-refractivity contribution in [3.05, 3.63) is 130 Å². The predicted octanol–water partition coefficient (Wildman–Crippen LogP) is 8.97. The summed E-state index contributed by atoms with van der Waals surface area (Å²) in [6, 6.07) is 28.2. The van der Waals surface area contributed by atoms with Crippen molar-refractivity contribution >= 4 is 23.7 Å². The zero-order chi connectivity index (χ0) is 28.0. The second kappa shape index (κ2) is 9.75. The second-order valence-corrected chi connectivity index (χ2v) is 13.0. The van der Waals surface area contributed by atoms with Crippen LogP contribution in [0.15, 0.2) is 108 Å². The summed E-state index contributed by atoms with van der Waals surface area (Å²) in [5.74, 6) is -0.112. The molecule has 0 amide bonds. The van der Waals surface area contributed by atoms with Crippen LogP contribution in [0.2, 0.25) is 0 Å². The van der Waals surface area contributed by atoms with E-state index in [-0.39, 0.29) is 34.2 Å². The highest BCUT2D eigenvalue weighted by molar-refractivity contribution is 6.12. The maximum absolute atomic E-state index is 14.2. The molecule has 0 saturated heterocycles. The van der Waals surface area contributed by atoms with Gasteiger partial charge in [-0.3, -0.25) is 9.59 Å². The minimum absolute atomic E-state index is 0.0652. The van der Waals surface area contributed by atoms with Gasteiger partial charge in [-0.2, -0.15) is 0 Å². The fourth-order valence-electron chi connectivity index (χ4n) is 6.02. The second-order valence-electron chi connectivity index (χ2n) is 13.0. The highest BCUT2D eigenvalue weighted by Gasteiger charge is 2.68. The zero-order valence-electron chi connectivity index (χ0n) is 23.9. The van der Waals surface area contributed by atoms with E-state index in [0.29, 0.717) is 0 Å². The summed E-state index contributed by atoms with van der Waals surface area (Å²) >= 11 is 0. The van der Waals surface area contributed by atoms with E-state index in [4.69, 9.17) is 0 Å². The summed E-state index contributed by atoms with van der Waals surface area (Å²) in [5.41, 5.74) is 4.47. The molecule has 0 heterocycles. The number of hydrogen-bond donors (Lipinski definition) is 0. The van der Waals surface area contributed by atoms with Gasteiger partial charge in [-0.05, 0) is 27.5 Å². The van der Waals surface area contributed by atoms with Crippen LogP contribution in [0, 0.1) is 22.2 Å². The van der Waals surface area contributed by atoms with E-state index in [0.717, 1.165) is 33.4 Å². The van der Waals surface area contributed by atoms with Crippen LogP contribution < -0.4 is 0 Å². The van der Waals surface area contributed by atoms with Crippen molar-refractivity contribution < 1.29 is 9.59 Å². The SMILES string of the molecule is CC(C)(C)C1=CC2(C=C(C(C)(C)C)C1=O)[C@H](C(=O)c1ccccc1)[C@H]2c1ccccc1/C=C/c1ccccc1. The largest absolute Gasteiger partial charge is 0.294 e. The van der Waals surface area contributed by atoms with Crippen molar-refractivity contribution in [2.45, 2.75) is 47.5 Å². The number of benzene rings is 3. The number of rotatable bonds is 5. The monoisotopic (exact) mass is 514 g/mol. The standard InChI is InChI=1S/C37H38O2/c1-35(2,3)29-23-37(24-30(34(29)39)36(4,5)6)31(32(37)33(38)27-18-11-8-12-19-27)28-20-14-13-17-26(28)22-21-25-15-9-7-10-16-25/h7-24,31-32H,1-6H3/b22-21+/t31-,32+/m1/s1. The Bertz CT molecular complexity index is 1450. The molecule has 2 heteroatoms. The van der Waals surface area contributed by atoms with Gasteiger partial charge in [0.05, 0.1) is 0 Å². The third-order valence-electron chi connectivity index (χ3n) is 8.12. The molecule has 1 fully saturated rings. The van der Waals surface area contributed by atoms with Crippen LogP contribution in [0.1, 0.15) is 74.5 Å². The number of carbonyl (C=O) groups excluding carboxylic acids is 2. The van der Waals surface area contributed by atoms with Gasteiger partial charge in [0, 0.05) is 34.0 Å². The molecule has 2 aliphatic carbocycles. The molecule has 0 aromatic heterocycles. The molecular weight excluding hydrogens is 476 g/mol. The number of carbonyl (C=O) groups is 2. The first kappa shape index (κ1) is 26.8. The van der Waals surface area contributed by atoms with Crippen molar-refractivity contribution in [3.8, 4) is 0 Å². The molecule has 3 aromatic carbocycles. The molecule has 39 heavy (non-hydrogen) atoms. The molecule has 2 nitrogen and oxygen atoms in total. The molecule has 2 aliphatic rings. The summed E-state index contributed by atoms with van der Waals surface area (Å²) in [5, 5.41) is 0. The van der Waals surface area contributed by atoms with Gasteiger partial charge in [0.1, 0.15) is 0 Å². The lowest BCUT2D eigenvalue weighted by atomic mass is 9.69. The molecule has 198 valence electrons. The maximum Gasteiger partial charge on any atom is 0.185 e. The molecule has 3 aromatic rings. The Morgan fingerprint density at radius 2 is 1.21 bits per heavy atom. The van der Waals surface area contributed by atoms with E-state index >= 15 is 0 Å². The van der Waals surface area contributed by atoms with Crippen LogP contribution in [0.4, 0.5) is 0 Å². The Kier molecular flexibility index (Phi) is 6.71. The molecular formula is C37H38O2. The lowest BCUT2D eigenvalue weighted by Gasteiger charge is -2.34.